The van der Waals surface area contributed by atoms with Gasteiger partial charge in [-0.15, -0.1) is 0 Å². The summed E-state index contributed by atoms with van der Waals surface area (Å²) in [7, 11) is 0. The Balaban J connectivity index is 2.07. The van der Waals surface area contributed by atoms with Gasteiger partial charge in [0.1, 0.15) is 0 Å². The highest BCUT2D eigenvalue weighted by Crippen LogP contribution is 2.28. The summed E-state index contributed by atoms with van der Waals surface area (Å²) >= 11 is 3.38. The number of amides is 1. The summed E-state index contributed by atoms with van der Waals surface area (Å²) in [6.07, 6.45) is 8.23. The van der Waals surface area contributed by atoms with E-state index in [1.165, 1.54) is 25.7 Å². The first-order valence-electron chi connectivity index (χ1n) is 6.07. The van der Waals surface area contributed by atoms with Crippen molar-refractivity contribution in [2.75, 3.05) is 5.33 Å². The number of rotatable bonds is 6. The summed E-state index contributed by atoms with van der Waals surface area (Å²) in [5.41, 5.74) is 0. The molecule has 0 radical (unpaired) electrons. The first-order valence-corrected chi connectivity index (χ1v) is 7.20. The van der Waals surface area contributed by atoms with E-state index in [0.29, 0.717) is 6.04 Å². The number of hydrogen-bond donors (Lipinski definition) is 1. The zero-order valence-electron chi connectivity index (χ0n) is 9.60. The Bertz CT molecular complexity index is 190. The Kier molecular flexibility index (Phi) is 6.30. The molecule has 0 bridgehead atoms. The van der Waals surface area contributed by atoms with Gasteiger partial charge < -0.3 is 5.32 Å². The molecule has 0 saturated heterocycles. The van der Waals surface area contributed by atoms with Crippen LogP contribution < -0.4 is 5.32 Å². The van der Waals surface area contributed by atoms with E-state index in [9.17, 15) is 4.79 Å². The molecule has 0 aromatic rings. The molecule has 1 atom stereocenters. The van der Waals surface area contributed by atoms with Crippen molar-refractivity contribution < 1.29 is 4.79 Å². The molecule has 2 nitrogen and oxygen atoms in total. The molecule has 0 aromatic heterocycles. The van der Waals surface area contributed by atoms with Gasteiger partial charge in [0.05, 0.1) is 0 Å². The topological polar surface area (TPSA) is 29.1 Å². The highest BCUT2D eigenvalue weighted by molar-refractivity contribution is 9.09. The first kappa shape index (κ1) is 13.0. The standard InChI is InChI=1S/C12H22BrNO/c1-10(8-9-13)14-12(15)7-6-11-4-2-3-5-11/h10-11H,2-9H2,1H3,(H,14,15). The molecule has 1 fully saturated rings. The van der Waals surface area contributed by atoms with E-state index >= 15 is 0 Å². The molecule has 15 heavy (non-hydrogen) atoms. The highest BCUT2D eigenvalue weighted by atomic mass is 79.9. The number of alkyl halides is 1. The van der Waals surface area contributed by atoms with Crippen LogP contribution in [0.5, 0.6) is 0 Å². The van der Waals surface area contributed by atoms with Crippen molar-refractivity contribution in [1.29, 1.82) is 0 Å². The van der Waals surface area contributed by atoms with Crippen LogP contribution >= 0.6 is 15.9 Å². The summed E-state index contributed by atoms with van der Waals surface area (Å²) in [6.45, 7) is 2.06. The molecule has 1 aliphatic carbocycles. The summed E-state index contributed by atoms with van der Waals surface area (Å²) in [4.78, 5) is 11.6. The monoisotopic (exact) mass is 275 g/mol. The first-order chi connectivity index (χ1) is 7.22. The van der Waals surface area contributed by atoms with Crippen molar-refractivity contribution in [3.63, 3.8) is 0 Å². The fourth-order valence-electron chi connectivity index (χ4n) is 2.22. The summed E-state index contributed by atoms with van der Waals surface area (Å²) in [5, 5.41) is 3.99. The third-order valence-corrected chi connectivity index (χ3v) is 3.66. The lowest BCUT2D eigenvalue weighted by Gasteiger charge is -2.13. The van der Waals surface area contributed by atoms with Crippen molar-refractivity contribution >= 4 is 21.8 Å². The van der Waals surface area contributed by atoms with Gasteiger partial charge in [0.15, 0.2) is 0 Å². The van der Waals surface area contributed by atoms with Crippen LogP contribution in [0.25, 0.3) is 0 Å². The summed E-state index contributed by atoms with van der Waals surface area (Å²) in [5.74, 6) is 1.05. The molecular weight excluding hydrogens is 254 g/mol. The fourth-order valence-corrected chi connectivity index (χ4v) is 2.90. The van der Waals surface area contributed by atoms with E-state index in [-0.39, 0.29) is 5.91 Å². The van der Waals surface area contributed by atoms with Crippen molar-refractivity contribution in [3.8, 4) is 0 Å². The average molecular weight is 276 g/mol. The van der Waals surface area contributed by atoms with Gasteiger partial charge in [-0.2, -0.15) is 0 Å². The molecule has 1 unspecified atom stereocenters. The fraction of sp³-hybridized carbons (Fsp3) is 0.917. The number of carbonyl (C=O) groups excluding carboxylic acids is 1. The molecule has 0 aliphatic heterocycles. The minimum Gasteiger partial charge on any atom is -0.354 e. The zero-order chi connectivity index (χ0) is 11.1. The Morgan fingerprint density at radius 1 is 1.47 bits per heavy atom. The second-order valence-electron chi connectivity index (χ2n) is 4.64. The van der Waals surface area contributed by atoms with Gasteiger partial charge in [0, 0.05) is 17.8 Å². The van der Waals surface area contributed by atoms with Crippen LogP contribution in [0.2, 0.25) is 0 Å². The van der Waals surface area contributed by atoms with Gasteiger partial charge in [-0.3, -0.25) is 4.79 Å². The zero-order valence-corrected chi connectivity index (χ0v) is 11.2. The molecular formula is C12H22BrNO. The van der Waals surface area contributed by atoms with Gasteiger partial charge in [0.2, 0.25) is 5.91 Å². The van der Waals surface area contributed by atoms with Crippen molar-refractivity contribution in [2.45, 2.75) is 57.9 Å². The lowest BCUT2D eigenvalue weighted by Crippen LogP contribution is -2.32. The van der Waals surface area contributed by atoms with Crippen molar-refractivity contribution in [2.24, 2.45) is 5.92 Å². The van der Waals surface area contributed by atoms with E-state index in [1.807, 2.05) is 0 Å². The molecule has 0 heterocycles. The Hall–Kier alpha value is -0.0500. The molecule has 1 N–H and O–H groups in total. The molecule has 0 spiro atoms. The Labute approximate surface area is 101 Å². The number of nitrogens with one attached hydrogen (secondary N) is 1. The summed E-state index contributed by atoms with van der Waals surface area (Å²) < 4.78 is 0. The molecule has 1 amide bonds. The van der Waals surface area contributed by atoms with Crippen molar-refractivity contribution in [1.82, 2.24) is 5.32 Å². The second-order valence-corrected chi connectivity index (χ2v) is 5.43. The van der Waals surface area contributed by atoms with Crippen LogP contribution in [0.1, 0.15) is 51.9 Å². The Morgan fingerprint density at radius 2 is 2.13 bits per heavy atom. The minimum atomic E-state index is 0.232. The van der Waals surface area contributed by atoms with Crippen LogP contribution in [0, 0.1) is 5.92 Å². The number of carbonyl (C=O) groups is 1. The van der Waals surface area contributed by atoms with Crippen molar-refractivity contribution in [3.05, 3.63) is 0 Å². The minimum absolute atomic E-state index is 0.232. The average Bonchev–Trinajstić information content (AvgIpc) is 2.67. The molecule has 1 rings (SSSR count). The third-order valence-electron chi connectivity index (χ3n) is 3.20. The molecule has 3 heteroatoms. The quantitative estimate of drug-likeness (QED) is 0.741. The lowest BCUT2D eigenvalue weighted by atomic mass is 10.0. The maximum absolute atomic E-state index is 11.6. The third kappa shape index (κ3) is 5.55. The predicted molar refractivity (Wildman–Crippen MR) is 67.2 cm³/mol. The van der Waals surface area contributed by atoms with E-state index in [1.54, 1.807) is 0 Å². The molecule has 1 aliphatic rings. The SMILES string of the molecule is CC(CCBr)NC(=O)CCC1CCCC1. The molecule has 88 valence electrons. The highest BCUT2D eigenvalue weighted by Gasteiger charge is 2.16. The van der Waals surface area contributed by atoms with E-state index in [0.717, 1.165) is 30.5 Å². The van der Waals surface area contributed by atoms with Gasteiger partial charge in [-0.05, 0) is 25.7 Å². The number of halogens is 1. The van der Waals surface area contributed by atoms with E-state index < -0.39 is 0 Å². The maximum Gasteiger partial charge on any atom is 0.220 e. The maximum atomic E-state index is 11.6. The predicted octanol–water partition coefficient (Wildman–Crippen LogP) is 3.25. The smallest absolute Gasteiger partial charge is 0.220 e. The van der Waals surface area contributed by atoms with Crippen LogP contribution in [-0.2, 0) is 4.79 Å². The Morgan fingerprint density at radius 3 is 2.73 bits per heavy atom. The van der Waals surface area contributed by atoms with E-state index in [4.69, 9.17) is 0 Å². The summed E-state index contributed by atoms with van der Waals surface area (Å²) in [6, 6.07) is 0.306. The van der Waals surface area contributed by atoms with Gasteiger partial charge in [-0.1, -0.05) is 41.6 Å². The van der Waals surface area contributed by atoms with Crippen LogP contribution in [0.3, 0.4) is 0 Å². The van der Waals surface area contributed by atoms with Crippen LogP contribution in [0.4, 0.5) is 0 Å². The lowest BCUT2D eigenvalue weighted by molar-refractivity contribution is -0.122. The van der Waals surface area contributed by atoms with E-state index in [2.05, 4.69) is 28.2 Å². The molecule has 1 saturated carbocycles. The van der Waals surface area contributed by atoms with Gasteiger partial charge in [0.25, 0.3) is 0 Å². The van der Waals surface area contributed by atoms with Gasteiger partial charge in [-0.25, -0.2) is 0 Å². The largest absolute Gasteiger partial charge is 0.354 e. The van der Waals surface area contributed by atoms with Gasteiger partial charge >= 0.3 is 0 Å². The molecule has 0 aromatic carbocycles. The number of hydrogen-bond acceptors (Lipinski definition) is 1. The normalized spacial score (nSPS) is 19.1. The second kappa shape index (κ2) is 7.26. The van der Waals surface area contributed by atoms with Crippen LogP contribution in [0.15, 0.2) is 0 Å². The van der Waals surface area contributed by atoms with Crippen LogP contribution in [-0.4, -0.2) is 17.3 Å².